The van der Waals surface area contributed by atoms with Gasteiger partial charge < -0.3 is 15.3 Å². The molecule has 1 aliphatic rings. The van der Waals surface area contributed by atoms with E-state index in [1.165, 1.54) is 12.1 Å². The molecule has 1 fully saturated rings. The van der Waals surface area contributed by atoms with E-state index in [9.17, 15) is 13.9 Å². The predicted molar refractivity (Wildman–Crippen MR) is 79.0 cm³/mol. The highest BCUT2D eigenvalue weighted by atomic mass is 19.1. The normalized spacial score (nSPS) is 21.1. The molecule has 0 saturated carbocycles. The standard InChI is InChI=1S/C16H24F2N2O/c1-11(2)20-6-5-12(10-20)8-19-9-16(21)14-4-3-13(17)7-15(14)18/h3-4,7,11-12,16,19,21H,5-6,8-10H2,1-2H3. The van der Waals surface area contributed by atoms with E-state index in [-0.39, 0.29) is 12.1 Å². The second-order valence-electron chi connectivity index (χ2n) is 6.08. The number of aliphatic hydroxyl groups excluding tert-OH is 1. The first-order chi connectivity index (χ1) is 9.97. The Morgan fingerprint density at radius 1 is 1.38 bits per heavy atom. The van der Waals surface area contributed by atoms with E-state index in [0.29, 0.717) is 12.0 Å². The van der Waals surface area contributed by atoms with Gasteiger partial charge in [-0.3, -0.25) is 0 Å². The van der Waals surface area contributed by atoms with Gasteiger partial charge in [0, 0.05) is 30.8 Å². The molecular weight excluding hydrogens is 274 g/mol. The maximum Gasteiger partial charge on any atom is 0.131 e. The van der Waals surface area contributed by atoms with Crippen LogP contribution in [-0.2, 0) is 0 Å². The molecule has 118 valence electrons. The molecule has 1 saturated heterocycles. The summed E-state index contributed by atoms with van der Waals surface area (Å²) < 4.78 is 26.4. The Bertz CT molecular complexity index is 468. The molecule has 1 aliphatic heterocycles. The van der Waals surface area contributed by atoms with Crippen LogP contribution >= 0.6 is 0 Å². The van der Waals surface area contributed by atoms with Crippen LogP contribution in [0, 0.1) is 17.6 Å². The van der Waals surface area contributed by atoms with E-state index in [0.717, 1.165) is 32.1 Å². The van der Waals surface area contributed by atoms with Gasteiger partial charge in [0.05, 0.1) is 6.10 Å². The lowest BCUT2D eigenvalue weighted by Gasteiger charge is -2.20. The number of halogens is 2. The molecular formula is C16H24F2N2O. The van der Waals surface area contributed by atoms with E-state index in [4.69, 9.17) is 0 Å². The van der Waals surface area contributed by atoms with Gasteiger partial charge in [-0.1, -0.05) is 6.07 Å². The number of hydrogen-bond acceptors (Lipinski definition) is 3. The fraction of sp³-hybridized carbons (Fsp3) is 0.625. The van der Waals surface area contributed by atoms with Crippen LogP contribution in [0.5, 0.6) is 0 Å². The maximum absolute atomic E-state index is 13.5. The van der Waals surface area contributed by atoms with Gasteiger partial charge in [-0.2, -0.15) is 0 Å². The van der Waals surface area contributed by atoms with Crippen molar-refractivity contribution in [1.29, 1.82) is 0 Å². The summed E-state index contributed by atoms with van der Waals surface area (Å²) >= 11 is 0. The fourth-order valence-corrected chi connectivity index (χ4v) is 2.80. The van der Waals surface area contributed by atoms with Gasteiger partial charge in [-0.05, 0) is 45.3 Å². The first-order valence-corrected chi connectivity index (χ1v) is 7.55. The zero-order valence-corrected chi connectivity index (χ0v) is 12.6. The highest BCUT2D eigenvalue weighted by Crippen LogP contribution is 2.19. The summed E-state index contributed by atoms with van der Waals surface area (Å²) in [4.78, 5) is 2.43. The predicted octanol–water partition coefficient (Wildman–Crippen LogP) is 2.32. The van der Waals surface area contributed by atoms with Crippen molar-refractivity contribution in [3.8, 4) is 0 Å². The minimum absolute atomic E-state index is 0.138. The highest BCUT2D eigenvalue weighted by molar-refractivity contribution is 5.21. The van der Waals surface area contributed by atoms with Gasteiger partial charge in [0.1, 0.15) is 11.6 Å². The van der Waals surface area contributed by atoms with Crippen LogP contribution < -0.4 is 5.32 Å². The number of rotatable bonds is 6. The molecule has 0 bridgehead atoms. The Morgan fingerprint density at radius 3 is 2.76 bits per heavy atom. The largest absolute Gasteiger partial charge is 0.387 e. The second kappa shape index (κ2) is 7.29. The topological polar surface area (TPSA) is 35.5 Å². The first kappa shape index (κ1) is 16.3. The van der Waals surface area contributed by atoms with Crippen LogP contribution in [0.4, 0.5) is 8.78 Å². The van der Waals surface area contributed by atoms with Crippen LogP contribution in [0.15, 0.2) is 18.2 Å². The second-order valence-corrected chi connectivity index (χ2v) is 6.08. The molecule has 2 unspecified atom stereocenters. The van der Waals surface area contributed by atoms with E-state index < -0.39 is 17.7 Å². The summed E-state index contributed by atoms with van der Waals surface area (Å²) in [5.74, 6) is -0.759. The van der Waals surface area contributed by atoms with Crippen LogP contribution in [0.3, 0.4) is 0 Å². The number of benzene rings is 1. The van der Waals surface area contributed by atoms with Gasteiger partial charge in [0.2, 0.25) is 0 Å². The third kappa shape index (κ3) is 4.46. The van der Waals surface area contributed by atoms with Crippen LogP contribution in [0.2, 0.25) is 0 Å². The Morgan fingerprint density at radius 2 is 2.14 bits per heavy atom. The summed E-state index contributed by atoms with van der Waals surface area (Å²) in [6.45, 7) is 7.64. The average Bonchev–Trinajstić information content (AvgIpc) is 2.87. The van der Waals surface area contributed by atoms with Crippen molar-refractivity contribution in [2.24, 2.45) is 5.92 Å². The van der Waals surface area contributed by atoms with Crippen molar-refractivity contribution in [2.75, 3.05) is 26.2 Å². The fourth-order valence-electron chi connectivity index (χ4n) is 2.80. The minimum Gasteiger partial charge on any atom is -0.387 e. The van der Waals surface area contributed by atoms with Gasteiger partial charge in [0.25, 0.3) is 0 Å². The average molecular weight is 298 g/mol. The van der Waals surface area contributed by atoms with Gasteiger partial charge in [-0.25, -0.2) is 8.78 Å². The van der Waals surface area contributed by atoms with Crippen LogP contribution in [0.1, 0.15) is 31.9 Å². The molecule has 0 aliphatic carbocycles. The highest BCUT2D eigenvalue weighted by Gasteiger charge is 2.24. The first-order valence-electron chi connectivity index (χ1n) is 7.55. The third-order valence-electron chi connectivity index (χ3n) is 4.14. The molecule has 1 heterocycles. The van der Waals surface area contributed by atoms with Crippen molar-refractivity contribution in [1.82, 2.24) is 10.2 Å². The summed E-state index contributed by atoms with van der Waals surface area (Å²) in [5.41, 5.74) is 0.138. The zero-order chi connectivity index (χ0) is 15.4. The Kier molecular flexibility index (Phi) is 5.67. The lowest BCUT2D eigenvalue weighted by molar-refractivity contribution is 0.167. The smallest absolute Gasteiger partial charge is 0.131 e. The number of likely N-dealkylation sites (tertiary alicyclic amines) is 1. The molecule has 5 heteroatoms. The number of nitrogens with zero attached hydrogens (tertiary/aromatic N) is 1. The Labute approximate surface area is 125 Å². The van der Waals surface area contributed by atoms with Gasteiger partial charge in [0.15, 0.2) is 0 Å². The van der Waals surface area contributed by atoms with E-state index in [2.05, 4.69) is 24.1 Å². The summed E-state index contributed by atoms with van der Waals surface area (Å²) in [6.07, 6.45) is 0.194. The Balaban J connectivity index is 1.76. The molecule has 21 heavy (non-hydrogen) atoms. The van der Waals surface area contributed by atoms with Crippen molar-refractivity contribution in [3.05, 3.63) is 35.4 Å². The molecule has 0 aromatic heterocycles. The molecule has 0 spiro atoms. The minimum atomic E-state index is -0.951. The molecule has 1 aromatic rings. The molecule has 1 aromatic carbocycles. The molecule has 2 atom stereocenters. The van der Waals surface area contributed by atoms with E-state index >= 15 is 0 Å². The molecule has 2 N–H and O–H groups in total. The molecule has 0 amide bonds. The van der Waals surface area contributed by atoms with Crippen molar-refractivity contribution >= 4 is 0 Å². The monoisotopic (exact) mass is 298 g/mol. The van der Waals surface area contributed by atoms with Crippen molar-refractivity contribution in [3.63, 3.8) is 0 Å². The third-order valence-corrected chi connectivity index (χ3v) is 4.14. The number of aliphatic hydroxyl groups is 1. The number of hydrogen-bond donors (Lipinski definition) is 2. The lowest BCUT2D eigenvalue weighted by atomic mass is 10.1. The van der Waals surface area contributed by atoms with E-state index in [1.54, 1.807) is 0 Å². The van der Waals surface area contributed by atoms with Crippen molar-refractivity contribution < 1.29 is 13.9 Å². The summed E-state index contributed by atoms with van der Waals surface area (Å²) in [7, 11) is 0. The summed E-state index contributed by atoms with van der Waals surface area (Å²) in [5, 5.41) is 13.2. The maximum atomic E-state index is 13.5. The number of nitrogens with one attached hydrogen (secondary N) is 1. The SMILES string of the molecule is CC(C)N1CCC(CNCC(O)c2ccc(F)cc2F)C1. The Hall–Kier alpha value is -1.04. The zero-order valence-electron chi connectivity index (χ0n) is 12.6. The molecule has 3 nitrogen and oxygen atoms in total. The molecule has 0 radical (unpaired) electrons. The van der Waals surface area contributed by atoms with Crippen molar-refractivity contribution in [2.45, 2.75) is 32.4 Å². The van der Waals surface area contributed by atoms with Gasteiger partial charge >= 0.3 is 0 Å². The summed E-state index contributed by atoms with van der Waals surface area (Å²) in [6, 6.07) is 3.83. The molecule has 2 rings (SSSR count). The lowest BCUT2D eigenvalue weighted by Crippen LogP contribution is -2.32. The van der Waals surface area contributed by atoms with Crippen LogP contribution in [0.25, 0.3) is 0 Å². The quantitative estimate of drug-likeness (QED) is 0.846. The van der Waals surface area contributed by atoms with Gasteiger partial charge in [-0.15, -0.1) is 0 Å². The van der Waals surface area contributed by atoms with Crippen LogP contribution in [-0.4, -0.2) is 42.2 Å². The van der Waals surface area contributed by atoms with E-state index in [1.807, 2.05) is 0 Å².